The number of ether oxygens (including phenoxy) is 3. The minimum Gasteiger partial charge on any atom is -0.497 e. The molecule has 8 nitrogen and oxygen atoms in total. The fourth-order valence-corrected chi connectivity index (χ4v) is 3.39. The number of nitrogens with zero attached hydrogens (tertiary/aromatic N) is 3. The number of hydrogen-bond acceptors (Lipinski definition) is 6. The molecule has 3 aromatic rings. The normalized spacial score (nSPS) is 16.8. The number of nitrogens with one attached hydrogen (secondary N) is 1. The van der Waals surface area contributed by atoms with Gasteiger partial charge in [0.2, 0.25) is 11.8 Å². The Kier molecular flexibility index (Phi) is 5.01. The van der Waals surface area contributed by atoms with E-state index in [0.717, 1.165) is 29.5 Å². The van der Waals surface area contributed by atoms with Gasteiger partial charge in [0.1, 0.15) is 17.5 Å². The van der Waals surface area contributed by atoms with E-state index < -0.39 is 0 Å². The largest absolute Gasteiger partial charge is 0.497 e. The third kappa shape index (κ3) is 3.71. The summed E-state index contributed by atoms with van der Waals surface area (Å²) in [5.74, 6) is 1.57. The average molecular weight is 382 g/mol. The molecule has 1 aliphatic heterocycles. The number of aromatic amines is 1. The first kappa shape index (κ1) is 18.1. The van der Waals surface area contributed by atoms with Crippen LogP contribution in [0.4, 0.5) is 0 Å². The molecule has 146 valence electrons. The standard InChI is InChI=1S/C20H22N4O4/c1-26-14-6-5-13-10-17(21-16(13)11-14)20(25)24-9-3-4-15(12-24)28-19-8-7-18(27-2)22-23-19/h5-8,10-11,15,21H,3-4,9,12H2,1-2H3. The lowest BCUT2D eigenvalue weighted by Crippen LogP contribution is -2.44. The predicted molar refractivity (Wildman–Crippen MR) is 103 cm³/mol. The van der Waals surface area contributed by atoms with E-state index >= 15 is 0 Å². The van der Waals surface area contributed by atoms with Gasteiger partial charge in [0.15, 0.2) is 0 Å². The van der Waals surface area contributed by atoms with Crippen LogP contribution in [0.15, 0.2) is 36.4 Å². The van der Waals surface area contributed by atoms with E-state index in [2.05, 4.69) is 15.2 Å². The van der Waals surface area contributed by atoms with Gasteiger partial charge in [-0.15, -0.1) is 10.2 Å². The van der Waals surface area contributed by atoms with Crippen LogP contribution in [0, 0.1) is 0 Å². The molecular formula is C20H22N4O4. The number of H-pyrrole nitrogens is 1. The third-order valence-electron chi connectivity index (χ3n) is 4.84. The highest BCUT2D eigenvalue weighted by Crippen LogP contribution is 2.23. The highest BCUT2D eigenvalue weighted by atomic mass is 16.5. The van der Waals surface area contributed by atoms with Gasteiger partial charge >= 0.3 is 0 Å². The van der Waals surface area contributed by atoms with Crippen LogP contribution >= 0.6 is 0 Å². The molecule has 1 saturated heterocycles. The monoisotopic (exact) mass is 382 g/mol. The minimum absolute atomic E-state index is 0.0377. The molecule has 0 spiro atoms. The van der Waals surface area contributed by atoms with E-state index in [4.69, 9.17) is 14.2 Å². The number of aromatic nitrogens is 3. The summed E-state index contributed by atoms with van der Waals surface area (Å²) in [4.78, 5) is 18.0. The smallest absolute Gasteiger partial charge is 0.270 e. The fraction of sp³-hybridized carbons (Fsp3) is 0.350. The minimum atomic E-state index is -0.120. The summed E-state index contributed by atoms with van der Waals surface area (Å²) in [6.07, 6.45) is 1.61. The van der Waals surface area contributed by atoms with Crippen molar-refractivity contribution < 1.29 is 19.0 Å². The molecule has 2 aromatic heterocycles. The first-order chi connectivity index (χ1) is 13.7. The van der Waals surface area contributed by atoms with Gasteiger partial charge in [-0.2, -0.15) is 0 Å². The highest BCUT2D eigenvalue weighted by Gasteiger charge is 2.27. The van der Waals surface area contributed by atoms with Crippen LogP contribution in [0.5, 0.6) is 17.5 Å². The molecule has 3 heterocycles. The van der Waals surface area contributed by atoms with Crippen molar-refractivity contribution in [1.82, 2.24) is 20.1 Å². The topological polar surface area (TPSA) is 89.6 Å². The zero-order chi connectivity index (χ0) is 19.5. The molecule has 1 aromatic carbocycles. The van der Waals surface area contributed by atoms with Crippen molar-refractivity contribution in [2.75, 3.05) is 27.3 Å². The van der Waals surface area contributed by atoms with Crippen LogP contribution in [-0.4, -0.2) is 59.4 Å². The van der Waals surface area contributed by atoms with Crippen LogP contribution in [0.25, 0.3) is 10.9 Å². The van der Waals surface area contributed by atoms with Gasteiger partial charge in [0.25, 0.3) is 5.91 Å². The summed E-state index contributed by atoms with van der Waals surface area (Å²) >= 11 is 0. The summed E-state index contributed by atoms with van der Waals surface area (Å²) in [6, 6.07) is 11.0. The quantitative estimate of drug-likeness (QED) is 0.730. The second-order valence-corrected chi connectivity index (χ2v) is 6.68. The molecule has 0 radical (unpaired) electrons. The van der Waals surface area contributed by atoms with Gasteiger partial charge in [-0.3, -0.25) is 4.79 Å². The highest BCUT2D eigenvalue weighted by molar-refractivity contribution is 5.98. The maximum Gasteiger partial charge on any atom is 0.270 e. The van der Waals surface area contributed by atoms with Gasteiger partial charge < -0.3 is 24.1 Å². The number of likely N-dealkylation sites (tertiary alicyclic amines) is 1. The van der Waals surface area contributed by atoms with Crippen LogP contribution < -0.4 is 14.2 Å². The van der Waals surface area contributed by atoms with Crippen LogP contribution in [0.3, 0.4) is 0 Å². The summed E-state index contributed by atoms with van der Waals surface area (Å²) in [7, 11) is 3.16. The number of piperidine rings is 1. The van der Waals surface area contributed by atoms with Crippen LogP contribution in [-0.2, 0) is 0 Å². The molecular weight excluding hydrogens is 360 g/mol. The molecule has 1 N–H and O–H groups in total. The number of fused-ring (bicyclic) bond motifs is 1. The molecule has 1 unspecified atom stereocenters. The molecule has 0 aliphatic carbocycles. The van der Waals surface area contributed by atoms with E-state index in [-0.39, 0.29) is 12.0 Å². The molecule has 1 atom stereocenters. The van der Waals surface area contributed by atoms with E-state index in [0.29, 0.717) is 30.5 Å². The lowest BCUT2D eigenvalue weighted by atomic mass is 10.1. The van der Waals surface area contributed by atoms with Gasteiger partial charge in [0.05, 0.1) is 20.8 Å². The number of hydrogen-bond donors (Lipinski definition) is 1. The van der Waals surface area contributed by atoms with Gasteiger partial charge in [-0.25, -0.2) is 0 Å². The second-order valence-electron chi connectivity index (χ2n) is 6.68. The van der Waals surface area contributed by atoms with Crippen molar-refractivity contribution in [1.29, 1.82) is 0 Å². The lowest BCUT2D eigenvalue weighted by Gasteiger charge is -2.32. The fourth-order valence-electron chi connectivity index (χ4n) is 3.39. The van der Waals surface area contributed by atoms with Crippen LogP contribution in [0.2, 0.25) is 0 Å². The maximum absolute atomic E-state index is 13.0. The average Bonchev–Trinajstić information content (AvgIpc) is 3.17. The molecule has 1 amide bonds. The van der Waals surface area contributed by atoms with E-state index in [1.807, 2.05) is 29.2 Å². The Balaban J connectivity index is 1.45. The maximum atomic E-state index is 13.0. The van der Waals surface area contributed by atoms with Crippen molar-refractivity contribution in [2.45, 2.75) is 18.9 Å². The first-order valence-corrected chi connectivity index (χ1v) is 9.16. The number of benzene rings is 1. The number of amides is 1. The zero-order valence-electron chi connectivity index (χ0n) is 15.8. The van der Waals surface area contributed by atoms with Crippen molar-refractivity contribution >= 4 is 16.8 Å². The Morgan fingerprint density at radius 3 is 2.68 bits per heavy atom. The van der Waals surface area contributed by atoms with Crippen molar-refractivity contribution in [3.63, 3.8) is 0 Å². The Morgan fingerprint density at radius 2 is 1.93 bits per heavy atom. The van der Waals surface area contributed by atoms with E-state index in [9.17, 15) is 4.79 Å². The Hall–Kier alpha value is -3.29. The molecule has 1 fully saturated rings. The number of carbonyl (C=O) groups is 1. The molecule has 0 saturated carbocycles. The van der Waals surface area contributed by atoms with Gasteiger partial charge in [-0.05, 0) is 31.0 Å². The van der Waals surface area contributed by atoms with Crippen molar-refractivity contribution in [3.8, 4) is 17.5 Å². The number of methoxy groups -OCH3 is 2. The van der Waals surface area contributed by atoms with Crippen molar-refractivity contribution in [3.05, 3.63) is 42.1 Å². The predicted octanol–water partition coefficient (Wildman–Crippen LogP) is 2.66. The molecule has 28 heavy (non-hydrogen) atoms. The van der Waals surface area contributed by atoms with Crippen molar-refractivity contribution in [2.24, 2.45) is 0 Å². The molecule has 4 rings (SSSR count). The summed E-state index contributed by atoms with van der Waals surface area (Å²) in [6.45, 7) is 1.21. The van der Waals surface area contributed by atoms with Gasteiger partial charge in [-0.1, -0.05) is 0 Å². The second kappa shape index (κ2) is 7.75. The van der Waals surface area contributed by atoms with Crippen LogP contribution in [0.1, 0.15) is 23.3 Å². The molecule has 0 bridgehead atoms. The summed E-state index contributed by atoms with van der Waals surface area (Å²) in [5.41, 5.74) is 1.44. The van der Waals surface area contributed by atoms with E-state index in [1.54, 1.807) is 19.2 Å². The Labute approximate surface area is 162 Å². The summed E-state index contributed by atoms with van der Waals surface area (Å²) < 4.78 is 16.2. The SMILES string of the molecule is COc1ccc2cc(C(=O)N3CCCC(Oc4ccc(OC)nn4)C3)[nH]c2c1. The third-order valence-corrected chi connectivity index (χ3v) is 4.84. The Morgan fingerprint density at radius 1 is 1.11 bits per heavy atom. The number of carbonyl (C=O) groups excluding carboxylic acids is 1. The zero-order valence-corrected chi connectivity index (χ0v) is 15.8. The summed E-state index contributed by atoms with van der Waals surface area (Å²) in [5, 5.41) is 8.88. The van der Waals surface area contributed by atoms with Gasteiger partial charge in [0, 0.05) is 35.6 Å². The molecule has 8 heteroatoms. The van der Waals surface area contributed by atoms with E-state index in [1.165, 1.54) is 7.11 Å². The molecule has 1 aliphatic rings. The number of rotatable bonds is 5. The Bertz CT molecular complexity index is 970. The lowest BCUT2D eigenvalue weighted by molar-refractivity contribution is 0.0521. The first-order valence-electron chi connectivity index (χ1n) is 9.16.